The van der Waals surface area contributed by atoms with Gasteiger partial charge in [-0.2, -0.15) is 0 Å². The van der Waals surface area contributed by atoms with Gasteiger partial charge in [0.2, 0.25) is 5.58 Å². The molecule has 5 nitrogen and oxygen atoms in total. The van der Waals surface area contributed by atoms with E-state index in [2.05, 4.69) is 4.99 Å². The van der Waals surface area contributed by atoms with Crippen LogP contribution in [0.25, 0.3) is 0 Å². The Bertz CT molecular complexity index is 147. The predicted molar refractivity (Wildman–Crippen MR) is 29.6 cm³/mol. The highest BCUT2D eigenvalue weighted by Gasteiger charge is 2.17. The summed E-state index contributed by atoms with van der Waals surface area (Å²) >= 11 is 0. The molecule has 0 aliphatic heterocycles. The second kappa shape index (κ2) is 2.26. The van der Waals surface area contributed by atoms with E-state index in [-0.39, 0.29) is 0 Å². The number of rotatable bonds is 1. The summed E-state index contributed by atoms with van der Waals surface area (Å²) in [5.74, 6) is 0. The van der Waals surface area contributed by atoms with Gasteiger partial charge in [0.05, 0.1) is 0 Å². The summed E-state index contributed by atoms with van der Waals surface area (Å²) in [6, 6.07) is 0. The van der Waals surface area contributed by atoms with Crippen molar-refractivity contribution in [3.63, 3.8) is 0 Å². The average Bonchev–Trinajstić information content (AvgIpc) is 1.62. The minimum absolute atomic E-state index is 0.627. The van der Waals surface area contributed by atoms with E-state index >= 15 is 0 Å². The minimum atomic E-state index is -4.23. The van der Waals surface area contributed by atoms with Gasteiger partial charge in [0.1, 0.15) is 0 Å². The van der Waals surface area contributed by atoms with Gasteiger partial charge in [0.25, 0.3) is 0 Å². The van der Waals surface area contributed by atoms with Gasteiger partial charge in [0.15, 0.2) is 0 Å². The van der Waals surface area contributed by atoms with Crippen LogP contribution in [-0.4, -0.2) is 22.4 Å². The van der Waals surface area contributed by atoms with E-state index in [1.54, 1.807) is 0 Å². The van der Waals surface area contributed by atoms with Crippen molar-refractivity contribution in [1.29, 1.82) is 0 Å². The van der Waals surface area contributed by atoms with E-state index in [0.29, 0.717) is 0 Å². The van der Waals surface area contributed by atoms with Crippen molar-refractivity contribution < 1.29 is 14.4 Å². The van der Waals surface area contributed by atoms with E-state index in [1.807, 2.05) is 0 Å². The zero-order valence-electron chi connectivity index (χ0n) is 4.27. The van der Waals surface area contributed by atoms with Crippen molar-refractivity contribution in [2.45, 2.75) is 0 Å². The van der Waals surface area contributed by atoms with Crippen molar-refractivity contribution in [1.82, 2.24) is 0 Å². The van der Waals surface area contributed by atoms with E-state index in [9.17, 15) is 4.57 Å². The zero-order valence-corrected chi connectivity index (χ0v) is 5.17. The van der Waals surface area contributed by atoms with Crippen LogP contribution in [0.3, 0.4) is 0 Å². The Kier molecular flexibility index (Phi) is 2.15. The van der Waals surface area contributed by atoms with Crippen LogP contribution in [0.5, 0.6) is 0 Å². The van der Waals surface area contributed by atoms with Crippen molar-refractivity contribution in [2.24, 2.45) is 10.7 Å². The molecule has 0 aromatic heterocycles. The normalized spacial score (nSPS) is 14.1. The van der Waals surface area contributed by atoms with Crippen molar-refractivity contribution in [3.05, 3.63) is 0 Å². The van der Waals surface area contributed by atoms with Crippen LogP contribution in [0.2, 0.25) is 0 Å². The zero-order chi connectivity index (χ0) is 6.78. The highest BCUT2D eigenvalue weighted by Crippen LogP contribution is 2.33. The first-order valence-corrected chi connectivity index (χ1v) is 3.38. The molecule has 6 heteroatoms. The number of nitrogens with zero attached hydrogens (tertiary/aromatic N) is 1. The van der Waals surface area contributed by atoms with Gasteiger partial charge in [-0.05, 0) is 0 Å². The van der Waals surface area contributed by atoms with Gasteiger partial charge in [-0.25, -0.2) is 0 Å². The third kappa shape index (κ3) is 2.07. The fourth-order valence-electron chi connectivity index (χ4n) is 0.130. The van der Waals surface area contributed by atoms with Crippen LogP contribution >= 0.6 is 7.60 Å². The molecule has 0 bridgehead atoms. The first kappa shape index (κ1) is 7.62. The van der Waals surface area contributed by atoms with Gasteiger partial charge in [-0.1, -0.05) is 0 Å². The molecule has 0 radical (unpaired) electrons. The van der Waals surface area contributed by atoms with Crippen LogP contribution in [0, 0.1) is 0 Å². The maximum Gasteiger partial charge on any atom is 0.390 e. The first-order valence-electron chi connectivity index (χ1n) is 1.77. The summed E-state index contributed by atoms with van der Waals surface area (Å²) in [4.78, 5) is 19.4. The van der Waals surface area contributed by atoms with Crippen LogP contribution in [-0.2, 0) is 4.57 Å². The number of hydrogen-bond acceptors (Lipinski definition) is 2. The summed E-state index contributed by atoms with van der Waals surface area (Å²) in [5, 5.41) is 0. The fraction of sp³-hybridized carbons (Fsp3) is 0.500. The summed E-state index contributed by atoms with van der Waals surface area (Å²) in [5.41, 5.74) is 4.11. The molecule has 0 fully saturated rings. The van der Waals surface area contributed by atoms with E-state index in [1.165, 1.54) is 7.05 Å². The fourth-order valence-corrected chi connectivity index (χ4v) is 0.391. The lowest BCUT2D eigenvalue weighted by atomic mass is 11.3. The monoisotopic (exact) mass is 138 g/mol. The molecular formula is C2H7N2O3P. The Morgan fingerprint density at radius 2 is 2.12 bits per heavy atom. The lowest BCUT2D eigenvalue weighted by molar-refractivity contribution is 0.390. The Hall–Kier alpha value is -0.380. The lowest BCUT2D eigenvalue weighted by Crippen LogP contribution is -2.10. The second-order valence-corrected chi connectivity index (χ2v) is 2.67. The molecule has 0 unspecified atom stereocenters. The molecule has 0 aliphatic rings. The Morgan fingerprint density at radius 3 is 2.12 bits per heavy atom. The Balaban J connectivity index is 4.27. The average molecular weight is 138 g/mol. The molecule has 0 aromatic rings. The quantitative estimate of drug-likeness (QED) is 0.249. The standard InChI is InChI=1S/C2H7N2O3P/c1-4-2(3)8(5,6)7/h1H3,(H2,3,4)(H2,5,6,7). The van der Waals surface area contributed by atoms with Gasteiger partial charge >= 0.3 is 7.60 Å². The molecule has 0 amide bonds. The van der Waals surface area contributed by atoms with Crippen molar-refractivity contribution in [3.8, 4) is 0 Å². The number of nitrogens with two attached hydrogens (primary N) is 1. The Labute approximate surface area is 46.4 Å². The summed E-state index contributed by atoms with van der Waals surface area (Å²) in [7, 11) is -3.01. The third-order valence-corrected chi connectivity index (χ3v) is 1.32. The van der Waals surface area contributed by atoms with Gasteiger partial charge in [-0.3, -0.25) is 9.56 Å². The van der Waals surface area contributed by atoms with Crippen LogP contribution < -0.4 is 5.73 Å². The largest absolute Gasteiger partial charge is 0.390 e. The SMILES string of the molecule is CN=C(N)P(=O)(O)O. The van der Waals surface area contributed by atoms with E-state index in [0.717, 1.165) is 0 Å². The molecule has 0 atom stereocenters. The number of aliphatic imine (C=N–C) groups is 1. The lowest BCUT2D eigenvalue weighted by Gasteiger charge is -1.98. The van der Waals surface area contributed by atoms with E-state index < -0.39 is 13.2 Å². The van der Waals surface area contributed by atoms with Gasteiger partial charge in [-0.15, -0.1) is 0 Å². The maximum atomic E-state index is 10.0. The smallest absolute Gasteiger partial charge is 0.377 e. The van der Waals surface area contributed by atoms with Crippen molar-refractivity contribution >= 4 is 13.2 Å². The molecule has 0 aliphatic carbocycles. The molecule has 0 saturated heterocycles. The van der Waals surface area contributed by atoms with Crippen LogP contribution in [0.15, 0.2) is 4.99 Å². The van der Waals surface area contributed by atoms with E-state index in [4.69, 9.17) is 15.5 Å². The molecule has 0 spiro atoms. The highest BCUT2D eigenvalue weighted by molar-refractivity contribution is 7.70. The molecular weight excluding hydrogens is 131 g/mol. The molecule has 4 N–H and O–H groups in total. The highest BCUT2D eigenvalue weighted by atomic mass is 31.2. The second-order valence-electron chi connectivity index (χ2n) is 1.13. The third-order valence-electron chi connectivity index (χ3n) is 0.528. The molecule has 48 valence electrons. The maximum absolute atomic E-state index is 10.0. The topological polar surface area (TPSA) is 95.9 Å². The van der Waals surface area contributed by atoms with Crippen LogP contribution in [0.1, 0.15) is 0 Å². The summed E-state index contributed by atoms with van der Waals surface area (Å²) < 4.78 is 10.0. The minimum Gasteiger partial charge on any atom is -0.377 e. The van der Waals surface area contributed by atoms with Crippen LogP contribution in [0.4, 0.5) is 0 Å². The van der Waals surface area contributed by atoms with Crippen molar-refractivity contribution in [2.75, 3.05) is 7.05 Å². The summed E-state index contributed by atoms with van der Waals surface area (Å²) in [6.07, 6.45) is 0. The molecule has 8 heavy (non-hydrogen) atoms. The molecule has 0 heterocycles. The van der Waals surface area contributed by atoms with Gasteiger partial charge < -0.3 is 15.5 Å². The van der Waals surface area contributed by atoms with Gasteiger partial charge in [0, 0.05) is 7.05 Å². The molecule has 0 aromatic carbocycles. The first-order chi connectivity index (χ1) is 3.48. The summed E-state index contributed by atoms with van der Waals surface area (Å²) in [6.45, 7) is 0. The molecule has 0 saturated carbocycles. The number of amidine groups is 1. The number of hydrogen-bond donors (Lipinski definition) is 3. The predicted octanol–water partition coefficient (Wildman–Crippen LogP) is -0.891. The Morgan fingerprint density at radius 1 is 1.75 bits per heavy atom. The molecule has 0 rings (SSSR count).